The van der Waals surface area contributed by atoms with Gasteiger partial charge in [0.1, 0.15) is 0 Å². The Balaban J connectivity index is 2.20. The van der Waals surface area contributed by atoms with Crippen molar-refractivity contribution in [1.29, 1.82) is 0 Å². The second-order valence-corrected chi connectivity index (χ2v) is 5.71. The number of ketones is 1. The Kier molecular flexibility index (Phi) is 3.43. The van der Waals surface area contributed by atoms with Gasteiger partial charge in [-0.1, -0.05) is 29.8 Å². The highest BCUT2D eigenvalue weighted by molar-refractivity contribution is 7.14. The summed E-state index contributed by atoms with van der Waals surface area (Å²) in [6.45, 7) is 6.10. The molecule has 1 heterocycles. The first-order valence-corrected chi connectivity index (χ1v) is 6.53. The highest BCUT2D eigenvalue weighted by atomic mass is 32.1. The molecule has 1 aromatic carbocycles. The Morgan fingerprint density at radius 3 is 2.53 bits per heavy atom. The van der Waals surface area contributed by atoms with Crippen molar-refractivity contribution in [3.63, 3.8) is 0 Å². The second-order valence-electron chi connectivity index (χ2n) is 4.46. The summed E-state index contributed by atoms with van der Waals surface area (Å²) in [6, 6.07) is 10.2. The van der Waals surface area contributed by atoms with Gasteiger partial charge >= 0.3 is 0 Å². The van der Waals surface area contributed by atoms with Crippen molar-refractivity contribution in [3.8, 4) is 0 Å². The lowest BCUT2D eigenvalue weighted by Crippen LogP contribution is -2.02. The van der Waals surface area contributed by atoms with Crippen LogP contribution < -0.4 is 0 Å². The Morgan fingerprint density at radius 2 is 1.94 bits per heavy atom. The third-order valence-electron chi connectivity index (χ3n) is 2.74. The normalized spacial score (nSPS) is 10.5. The SMILES string of the molecule is Cc1cccc(CC(=O)c2sc(C)cc2C)c1. The van der Waals surface area contributed by atoms with Gasteiger partial charge in [0.2, 0.25) is 0 Å². The summed E-state index contributed by atoms with van der Waals surface area (Å²) in [7, 11) is 0. The summed E-state index contributed by atoms with van der Waals surface area (Å²) in [5.41, 5.74) is 3.40. The zero-order valence-corrected chi connectivity index (χ0v) is 11.2. The average Bonchev–Trinajstić information content (AvgIpc) is 2.58. The van der Waals surface area contributed by atoms with Crippen molar-refractivity contribution in [3.05, 3.63) is 56.8 Å². The molecular weight excluding hydrogens is 228 g/mol. The zero-order valence-electron chi connectivity index (χ0n) is 10.4. The van der Waals surface area contributed by atoms with Gasteiger partial charge in [-0.05, 0) is 38.0 Å². The van der Waals surface area contributed by atoms with Crippen LogP contribution in [0.25, 0.3) is 0 Å². The van der Waals surface area contributed by atoms with E-state index in [-0.39, 0.29) is 5.78 Å². The molecule has 2 rings (SSSR count). The van der Waals surface area contributed by atoms with E-state index in [1.165, 1.54) is 10.4 Å². The third-order valence-corrected chi connectivity index (χ3v) is 3.93. The van der Waals surface area contributed by atoms with Crippen molar-refractivity contribution >= 4 is 17.1 Å². The molecule has 17 heavy (non-hydrogen) atoms. The summed E-state index contributed by atoms with van der Waals surface area (Å²) in [6.07, 6.45) is 0.502. The maximum atomic E-state index is 12.2. The van der Waals surface area contributed by atoms with E-state index in [0.717, 1.165) is 16.0 Å². The molecule has 0 unspecified atom stereocenters. The molecule has 0 spiro atoms. The molecule has 1 nitrogen and oxygen atoms in total. The molecule has 0 aliphatic rings. The van der Waals surface area contributed by atoms with Crippen LogP contribution in [0.1, 0.15) is 31.2 Å². The lowest BCUT2D eigenvalue weighted by atomic mass is 10.0. The standard InChI is InChI=1S/C15H16OS/c1-10-5-4-6-13(7-10)9-14(16)15-11(2)8-12(3)17-15/h4-8H,9H2,1-3H3. The van der Waals surface area contributed by atoms with Gasteiger partial charge in [-0.25, -0.2) is 0 Å². The molecular formula is C15H16OS. The highest BCUT2D eigenvalue weighted by Crippen LogP contribution is 2.22. The number of rotatable bonds is 3. The first-order valence-electron chi connectivity index (χ1n) is 5.72. The van der Waals surface area contributed by atoms with Crippen LogP contribution in [0.3, 0.4) is 0 Å². The number of thiophene rings is 1. The lowest BCUT2D eigenvalue weighted by Gasteiger charge is -2.01. The summed E-state index contributed by atoms with van der Waals surface area (Å²) in [4.78, 5) is 14.3. The minimum absolute atomic E-state index is 0.228. The molecule has 2 aromatic rings. The summed E-state index contributed by atoms with van der Waals surface area (Å²) >= 11 is 1.60. The van der Waals surface area contributed by atoms with Crippen molar-refractivity contribution in [2.75, 3.05) is 0 Å². The highest BCUT2D eigenvalue weighted by Gasteiger charge is 2.12. The molecule has 0 bridgehead atoms. The Labute approximate surface area is 106 Å². The van der Waals surface area contributed by atoms with Gasteiger partial charge in [-0.3, -0.25) is 4.79 Å². The average molecular weight is 244 g/mol. The van der Waals surface area contributed by atoms with Crippen molar-refractivity contribution in [2.45, 2.75) is 27.2 Å². The van der Waals surface area contributed by atoms with E-state index in [0.29, 0.717) is 6.42 Å². The molecule has 0 radical (unpaired) electrons. The first kappa shape index (κ1) is 12.1. The van der Waals surface area contributed by atoms with Crippen LogP contribution in [0.2, 0.25) is 0 Å². The number of aryl methyl sites for hydroxylation is 3. The number of hydrogen-bond acceptors (Lipinski definition) is 2. The Hall–Kier alpha value is -1.41. The maximum absolute atomic E-state index is 12.2. The van der Waals surface area contributed by atoms with Gasteiger partial charge in [0.15, 0.2) is 5.78 Å². The molecule has 0 saturated heterocycles. The fourth-order valence-electron chi connectivity index (χ4n) is 2.01. The fourth-order valence-corrected chi connectivity index (χ4v) is 2.97. The molecule has 1 aromatic heterocycles. The monoisotopic (exact) mass is 244 g/mol. The van der Waals surface area contributed by atoms with Gasteiger partial charge in [-0.15, -0.1) is 11.3 Å². The van der Waals surface area contributed by atoms with Crippen LogP contribution in [0.4, 0.5) is 0 Å². The smallest absolute Gasteiger partial charge is 0.177 e. The molecule has 0 amide bonds. The summed E-state index contributed by atoms with van der Waals surface area (Å²) in [5.74, 6) is 0.228. The van der Waals surface area contributed by atoms with E-state index >= 15 is 0 Å². The molecule has 88 valence electrons. The van der Waals surface area contributed by atoms with E-state index in [1.807, 2.05) is 26.0 Å². The molecule has 0 fully saturated rings. The van der Waals surface area contributed by atoms with E-state index in [1.54, 1.807) is 11.3 Å². The fraction of sp³-hybridized carbons (Fsp3) is 0.267. The van der Waals surface area contributed by atoms with E-state index in [4.69, 9.17) is 0 Å². The topological polar surface area (TPSA) is 17.1 Å². The molecule has 0 atom stereocenters. The molecule has 0 aliphatic heterocycles. The maximum Gasteiger partial charge on any atom is 0.177 e. The van der Waals surface area contributed by atoms with Crippen LogP contribution in [0, 0.1) is 20.8 Å². The van der Waals surface area contributed by atoms with Gasteiger partial charge in [0.25, 0.3) is 0 Å². The number of carbonyl (C=O) groups is 1. The quantitative estimate of drug-likeness (QED) is 0.743. The van der Waals surface area contributed by atoms with Crippen LogP contribution in [0.15, 0.2) is 30.3 Å². The predicted octanol–water partition coefficient (Wildman–Crippen LogP) is 4.10. The van der Waals surface area contributed by atoms with Gasteiger partial charge < -0.3 is 0 Å². The van der Waals surface area contributed by atoms with E-state index < -0.39 is 0 Å². The van der Waals surface area contributed by atoms with Crippen LogP contribution in [-0.4, -0.2) is 5.78 Å². The molecule has 0 saturated carbocycles. The minimum Gasteiger partial charge on any atom is -0.293 e. The van der Waals surface area contributed by atoms with Crippen molar-refractivity contribution in [2.24, 2.45) is 0 Å². The molecule has 0 aliphatic carbocycles. The molecule has 2 heteroatoms. The largest absolute Gasteiger partial charge is 0.293 e. The summed E-state index contributed by atoms with van der Waals surface area (Å²) in [5, 5.41) is 0. The van der Waals surface area contributed by atoms with E-state index in [2.05, 4.69) is 25.1 Å². The lowest BCUT2D eigenvalue weighted by molar-refractivity contribution is 0.0996. The number of Topliss-reactive ketones (excluding diaryl/α,β-unsaturated/α-hetero) is 1. The number of benzene rings is 1. The van der Waals surface area contributed by atoms with Gasteiger partial charge in [0, 0.05) is 11.3 Å². The van der Waals surface area contributed by atoms with Crippen molar-refractivity contribution < 1.29 is 4.79 Å². The van der Waals surface area contributed by atoms with E-state index in [9.17, 15) is 4.79 Å². The number of hydrogen-bond donors (Lipinski definition) is 0. The van der Waals surface area contributed by atoms with Gasteiger partial charge in [-0.2, -0.15) is 0 Å². The molecule has 0 N–H and O–H groups in total. The zero-order chi connectivity index (χ0) is 12.4. The Bertz CT molecular complexity index is 552. The third kappa shape index (κ3) is 2.83. The van der Waals surface area contributed by atoms with Crippen LogP contribution >= 0.6 is 11.3 Å². The summed E-state index contributed by atoms with van der Waals surface area (Å²) < 4.78 is 0. The van der Waals surface area contributed by atoms with Crippen LogP contribution in [0.5, 0.6) is 0 Å². The Morgan fingerprint density at radius 1 is 1.18 bits per heavy atom. The van der Waals surface area contributed by atoms with Crippen molar-refractivity contribution in [1.82, 2.24) is 0 Å². The first-order chi connectivity index (χ1) is 8.06. The number of carbonyl (C=O) groups excluding carboxylic acids is 1. The minimum atomic E-state index is 0.228. The van der Waals surface area contributed by atoms with Crippen LogP contribution in [-0.2, 0) is 6.42 Å². The van der Waals surface area contributed by atoms with Gasteiger partial charge in [0.05, 0.1) is 4.88 Å². The predicted molar refractivity (Wildman–Crippen MR) is 73.0 cm³/mol. The second kappa shape index (κ2) is 4.84.